The lowest BCUT2D eigenvalue weighted by Gasteiger charge is -2.41. The van der Waals surface area contributed by atoms with Gasteiger partial charge in [0.25, 0.3) is 0 Å². The number of nitrogens with one attached hydrogen (secondary N) is 1. The Morgan fingerprint density at radius 2 is 2.00 bits per heavy atom. The molecule has 0 radical (unpaired) electrons. The van der Waals surface area contributed by atoms with Gasteiger partial charge in [0.05, 0.1) is 0 Å². The van der Waals surface area contributed by atoms with Crippen LogP contribution in [0.25, 0.3) is 0 Å². The molecule has 0 bridgehead atoms. The fourth-order valence-corrected chi connectivity index (χ4v) is 5.39. The molecule has 1 aliphatic carbocycles. The van der Waals surface area contributed by atoms with Crippen molar-refractivity contribution in [3.05, 3.63) is 23.8 Å². The van der Waals surface area contributed by atoms with Crippen LogP contribution in [0.4, 0.5) is 11.4 Å². The van der Waals surface area contributed by atoms with E-state index in [-0.39, 0.29) is 5.91 Å². The van der Waals surface area contributed by atoms with Crippen molar-refractivity contribution in [1.82, 2.24) is 4.90 Å². The molecule has 0 aromatic heterocycles. The van der Waals surface area contributed by atoms with Crippen LogP contribution in [0, 0.1) is 0 Å². The summed E-state index contributed by atoms with van der Waals surface area (Å²) >= 11 is 0. The molecule has 0 spiro atoms. The van der Waals surface area contributed by atoms with E-state index in [0.717, 1.165) is 18.3 Å². The maximum absolute atomic E-state index is 11.8. The number of hydrogen-bond donors (Lipinski definition) is 1. The molecule has 2 atom stereocenters. The number of hydrogen-bond acceptors (Lipinski definition) is 3. The van der Waals surface area contributed by atoms with Crippen LogP contribution in [-0.2, 0) is 4.79 Å². The van der Waals surface area contributed by atoms with Gasteiger partial charge in [-0.1, -0.05) is 26.7 Å². The van der Waals surface area contributed by atoms with E-state index in [1.807, 2.05) is 6.92 Å². The first-order valence-electron chi connectivity index (χ1n) is 10.7. The standard InChI is InChI=1S/C22H33N3O/c1-3-12-25-20-10-9-16(23-22(26)4-2)14-18(20)19-15-24(13-11-21(19)25)17-7-5-6-8-17/h9-10,14,17,19,21H,3-8,11-13,15H2,1-2H3,(H,23,26). The highest BCUT2D eigenvalue weighted by Gasteiger charge is 2.43. The van der Waals surface area contributed by atoms with Crippen molar-refractivity contribution in [1.29, 1.82) is 0 Å². The minimum Gasteiger partial charge on any atom is -0.368 e. The predicted octanol–water partition coefficient (Wildman–Crippen LogP) is 4.37. The molecule has 3 aliphatic rings. The largest absolute Gasteiger partial charge is 0.368 e. The molecule has 1 N–H and O–H groups in total. The summed E-state index contributed by atoms with van der Waals surface area (Å²) in [5, 5.41) is 3.06. The van der Waals surface area contributed by atoms with E-state index in [0.29, 0.717) is 18.4 Å². The second-order valence-electron chi connectivity index (χ2n) is 8.26. The fourth-order valence-electron chi connectivity index (χ4n) is 5.39. The summed E-state index contributed by atoms with van der Waals surface area (Å²) in [5.74, 6) is 0.686. The Labute approximate surface area is 157 Å². The number of likely N-dealkylation sites (tertiary alicyclic amines) is 1. The maximum Gasteiger partial charge on any atom is 0.224 e. The van der Waals surface area contributed by atoms with E-state index in [1.165, 1.54) is 62.9 Å². The zero-order chi connectivity index (χ0) is 18.1. The summed E-state index contributed by atoms with van der Waals surface area (Å²) in [6, 6.07) is 8.03. The number of piperidine rings is 1. The number of amides is 1. The zero-order valence-electron chi connectivity index (χ0n) is 16.3. The average molecular weight is 356 g/mol. The normalized spacial score (nSPS) is 26.0. The van der Waals surface area contributed by atoms with Gasteiger partial charge in [0.1, 0.15) is 0 Å². The summed E-state index contributed by atoms with van der Waals surface area (Å²) in [7, 11) is 0. The topological polar surface area (TPSA) is 35.6 Å². The third-order valence-electron chi connectivity index (χ3n) is 6.65. The van der Waals surface area contributed by atoms with Gasteiger partial charge in [-0.05, 0) is 49.4 Å². The van der Waals surface area contributed by atoms with Crippen LogP contribution in [0.15, 0.2) is 18.2 Å². The molecule has 1 aromatic carbocycles. The van der Waals surface area contributed by atoms with Gasteiger partial charge >= 0.3 is 0 Å². The second kappa shape index (κ2) is 7.59. The maximum atomic E-state index is 11.8. The van der Waals surface area contributed by atoms with E-state index in [2.05, 4.69) is 40.2 Å². The molecule has 26 heavy (non-hydrogen) atoms. The van der Waals surface area contributed by atoms with Crippen molar-refractivity contribution in [3.8, 4) is 0 Å². The summed E-state index contributed by atoms with van der Waals surface area (Å²) in [6.07, 6.45) is 8.56. The van der Waals surface area contributed by atoms with Gasteiger partial charge in [-0.2, -0.15) is 0 Å². The average Bonchev–Trinajstić information content (AvgIpc) is 3.29. The van der Waals surface area contributed by atoms with Gasteiger partial charge < -0.3 is 10.2 Å². The summed E-state index contributed by atoms with van der Waals surface area (Å²) < 4.78 is 0. The smallest absolute Gasteiger partial charge is 0.224 e. The van der Waals surface area contributed by atoms with E-state index in [1.54, 1.807) is 0 Å². The Hall–Kier alpha value is -1.55. The highest BCUT2D eigenvalue weighted by molar-refractivity contribution is 5.91. The van der Waals surface area contributed by atoms with Crippen LogP contribution in [0.3, 0.4) is 0 Å². The first-order valence-corrected chi connectivity index (χ1v) is 10.7. The van der Waals surface area contributed by atoms with Crippen LogP contribution in [0.1, 0.15) is 70.3 Å². The molecule has 1 aromatic rings. The predicted molar refractivity (Wildman–Crippen MR) is 108 cm³/mol. The second-order valence-corrected chi connectivity index (χ2v) is 8.26. The van der Waals surface area contributed by atoms with E-state index in [9.17, 15) is 4.79 Å². The number of fused-ring (bicyclic) bond motifs is 3. The third-order valence-corrected chi connectivity index (χ3v) is 6.65. The van der Waals surface area contributed by atoms with Gasteiger partial charge in [0, 0.05) is 55.4 Å². The number of anilines is 2. The molecular formula is C22H33N3O. The summed E-state index contributed by atoms with van der Waals surface area (Å²) in [5.41, 5.74) is 3.83. The van der Waals surface area contributed by atoms with Crippen molar-refractivity contribution in [3.63, 3.8) is 0 Å². The molecule has 1 saturated heterocycles. The Morgan fingerprint density at radius 3 is 2.73 bits per heavy atom. The molecule has 142 valence electrons. The summed E-state index contributed by atoms with van der Waals surface area (Å²) in [6.45, 7) is 7.75. The molecule has 2 fully saturated rings. The van der Waals surface area contributed by atoms with Crippen LogP contribution >= 0.6 is 0 Å². The van der Waals surface area contributed by atoms with Gasteiger partial charge in [0.15, 0.2) is 0 Å². The lowest BCUT2D eigenvalue weighted by molar-refractivity contribution is -0.115. The van der Waals surface area contributed by atoms with Crippen molar-refractivity contribution in [2.45, 2.75) is 76.8 Å². The lowest BCUT2D eigenvalue weighted by atomic mass is 9.88. The highest BCUT2D eigenvalue weighted by Crippen LogP contribution is 2.46. The monoisotopic (exact) mass is 355 g/mol. The van der Waals surface area contributed by atoms with Crippen molar-refractivity contribution < 1.29 is 4.79 Å². The Kier molecular flexibility index (Phi) is 5.21. The molecule has 4 rings (SSSR count). The minimum absolute atomic E-state index is 0.0983. The quantitative estimate of drug-likeness (QED) is 0.852. The number of carbonyl (C=O) groups is 1. The molecule has 2 heterocycles. The van der Waals surface area contributed by atoms with Crippen molar-refractivity contribution >= 4 is 17.3 Å². The molecule has 1 amide bonds. The Balaban J connectivity index is 1.60. The molecule has 1 saturated carbocycles. The van der Waals surface area contributed by atoms with E-state index in [4.69, 9.17) is 0 Å². The first kappa shape index (κ1) is 17.8. The molecular weight excluding hydrogens is 322 g/mol. The van der Waals surface area contributed by atoms with Crippen molar-refractivity contribution in [2.24, 2.45) is 0 Å². The summed E-state index contributed by atoms with van der Waals surface area (Å²) in [4.78, 5) is 17.2. The van der Waals surface area contributed by atoms with Crippen LogP contribution < -0.4 is 10.2 Å². The van der Waals surface area contributed by atoms with Crippen molar-refractivity contribution in [2.75, 3.05) is 29.9 Å². The number of benzene rings is 1. The number of rotatable bonds is 5. The SMILES string of the molecule is CCCN1c2ccc(NC(=O)CC)cc2C2CN(C3CCCC3)CCC21. The molecule has 2 unspecified atom stereocenters. The first-order chi connectivity index (χ1) is 12.7. The van der Waals surface area contributed by atoms with Gasteiger partial charge in [-0.15, -0.1) is 0 Å². The van der Waals surface area contributed by atoms with Crippen LogP contribution in [0.2, 0.25) is 0 Å². The fraction of sp³-hybridized carbons (Fsp3) is 0.682. The van der Waals surface area contributed by atoms with E-state index < -0.39 is 0 Å². The Bertz CT molecular complexity index is 653. The van der Waals surface area contributed by atoms with E-state index >= 15 is 0 Å². The van der Waals surface area contributed by atoms with Gasteiger partial charge in [0.2, 0.25) is 5.91 Å². The van der Waals surface area contributed by atoms with Gasteiger partial charge in [-0.3, -0.25) is 9.69 Å². The highest BCUT2D eigenvalue weighted by atomic mass is 16.1. The van der Waals surface area contributed by atoms with Crippen LogP contribution in [-0.4, -0.2) is 42.5 Å². The molecule has 4 heteroatoms. The third kappa shape index (κ3) is 3.24. The molecule has 2 aliphatic heterocycles. The Morgan fingerprint density at radius 1 is 1.19 bits per heavy atom. The minimum atomic E-state index is 0.0983. The van der Waals surface area contributed by atoms with Crippen LogP contribution in [0.5, 0.6) is 0 Å². The number of carbonyl (C=O) groups excluding carboxylic acids is 1. The lowest BCUT2D eigenvalue weighted by Crippen LogP contribution is -2.49. The zero-order valence-corrected chi connectivity index (χ0v) is 16.3. The molecule has 4 nitrogen and oxygen atoms in total. The van der Waals surface area contributed by atoms with Gasteiger partial charge in [-0.25, -0.2) is 0 Å². The number of nitrogens with zero attached hydrogens (tertiary/aromatic N) is 2.